The van der Waals surface area contributed by atoms with Gasteiger partial charge in [0, 0.05) is 26.1 Å². The van der Waals surface area contributed by atoms with E-state index < -0.39 is 0 Å². The summed E-state index contributed by atoms with van der Waals surface area (Å²) in [5.41, 5.74) is 6.82. The third-order valence-electron chi connectivity index (χ3n) is 5.56. The minimum Gasteiger partial charge on any atom is -0.489 e. The number of nitrogens with two attached hydrogens (primary N) is 1. The van der Waals surface area contributed by atoms with Gasteiger partial charge in [-0.1, -0.05) is 6.92 Å². The van der Waals surface area contributed by atoms with Crippen LogP contribution in [-0.4, -0.2) is 45.4 Å². The quantitative estimate of drug-likeness (QED) is 0.692. The predicted molar refractivity (Wildman–Crippen MR) is 108 cm³/mol. The molecular weight excluding hydrogens is 372 g/mol. The summed E-state index contributed by atoms with van der Waals surface area (Å²) in [5.74, 6) is 0.668. The van der Waals surface area contributed by atoms with Gasteiger partial charge in [0.2, 0.25) is 5.91 Å². The maximum Gasteiger partial charge on any atom is 0.298 e. The molecule has 2 aromatic heterocycles. The number of rotatable bonds is 9. The van der Waals surface area contributed by atoms with Gasteiger partial charge in [0.1, 0.15) is 11.9 Å². The lowest BCUT2D eigenvalue weighted by Crippen LogP contribution is -2.30. The predicted octanol–water partition coefficient (Wildman–Crippen LogP) is 2.73. The SMILES string of the molecule is C[C@@H](COC1CCC(Oc2nc3ncc(OC4CC4)cc3n2C)CC1)CC(N)=O. The summed E-state index contributed by atoms with van der Waals surface area (Å²) in [5, 5.41) is 0. The fourth-order valence-electron chi connectivity index (χ4n) is 3.75. The Kier molecular flexibility index (Phi) is 5.89. The monoisotopic (exact) mass is 402 g/mol. The van der Waals surface area contributed by atoms with Gasteiger partial charge in [0.05, 0.1) is 23.9 Å². The van der Waals surface area contributed by atoms with Crippen molar-refractivity contribution in [3.05, 3.63) is 12.3 Å². The van der Waals surface area contributed by atoms with Gasteiger partial charge in [-0.15, -0.1) is 0 Å². The highest BCUT2D eigenvalue weighted by molar-refractivity contribution is 5.74. The number of aryl methyl sites for hydroxylation is 1. The lowest BCUT2D eigenvalue weighted by Gasteiger charge is -2.29. The second-order valence-electron chi connectivity index (χ2n) is 8.41. The highest BCUT2D eigenvalue weighted by Crippen LogP contribution is 2.30. The number of primary amides is 1. The van der Waals surface area contributed by atoms with Gasteiger partial charge in [-0.25, -0.2) is 4.98 Å². The number of hydrogen-bond acceptors (Lipinski definition) is 6. The minimum absolute atomic E-state index is 0.121. The third kappa shape index (κ3) is 5.18. The van der Waals surface area contributed by atoms with E-state index in [1.807, 2.05) is 24.6 Å². The molecule has 29 heavy (non-hydrogen) atoms. The molecule has 2 fully saturated rings. The van der Waals surface area contributed by atoms with E-state index in [9.17, 15) is 4.79 Å². The smallest absolute Gasteiger partial charge is 0.298 e. The van der Waals surface area contributed by atoms with Crippen LogP contribution in [0, 0.1) is 5.92 Å². The fraction of sp³-hybridized carbons (Fsp3) is 0.667. The Bertz CT molecular complexity index is 856. The number of carbonyl (C=O) groups is 1. The summed E-state index contributed by atoms with van der Waals surface area (Å²) < 4.78 is 19.9. The standard InChI is InChI=1S/C21H30N4O4/c1-13(9-19(22)26)12-27-14-3-5-16(6-4-14)29-21-24-20-18(25(21)2)10-17(11-23-20)28-15-7-8-15/h10-11,13-16H,3-9,12H2,1-2H3,(H2,22,26)/t13-,14?,16?/m1/s1. The first-order chi connectivity index (χ1) is 14.0. The Morgan fingerprint density at radius 2 is 1.83 bits per heavy atom. The summed E-state index contributed by atoms with van der Waals surface area (Å²) in [6.45, 7) is 2.56. The molecule has 2 saturated carbocycles. The molecule has 1 atom stereocenters. The fourth-order valence-corrected chi connectivity index (χ4v) is 3.75. The van der Waals surface area contributed by atoms with Crippen LogP contribution in [0.2, 0.25) is 0 Å². The number of hydrogen-bond donors (Lipinski definition) is 1. The molecule has 2 aromatic rings. The van der Waals surface area contributed by atoms with Crippen LogP contribution in [-0.2, 0) is 16.6 Å². The van der Waals surface area contributed by atoms with Gasteiger partial charge in [0.25, 0.3) is 6.01 Å². The van der Waals surface area contributed by atoms with E-state index in [2.05, 4.69) is 9.97 Å². The number of fused-ring (bicyclic) bond motifs is 1. The number of aromatic nitrogens is 3. The number of ether oxygens (including phenoxy) is 3. The second kappa shape index (κ2) is 8.57. The van der Waals surface area contributed by atoms with Crippen molar-refractivity contribution in [2.24, 2.45) is 18.7 Å². The first-order valence-electron chi connectivity index (χ1n) is 10.5. The average molecular weight is 402 g/mol. The Hall–Kier alpha value is -2.35. The Labute approximate surface area is 170 Å². The van der Waals surface area contributed by atoms with Crippen molar-refractivity contribution >= 4 is 17.1 Å². The zero-order chi connectivity index (χ0) is 20.4. The van der Waals surface area contributed by atoms with Crippen LogP contribution in [0.3, 0.4) is 0 Å². The molecule has 2 aliphatic carbocycles. The molecule has 2 heterocycles. The third-order valence-corrected chi connectivity index (χ3v) is 5.56. The van der Waals surface area contributed by atoms with Gasteiger partial charge < -0.3 is 19.9 Å². The number of amides is 1. The zero-order valence-corrected chi connectivity index (χ0v) is 17.2. The average Bonchev–Trinajstić information content (AvgIpc) is 3.45. The molecule has 158 valence electrons. The number of carbonyl (C=O) groups excluding carboxylic acids is 1. The molecule has 8 heteroatoms. The summed E-state index contributed by atoms with van der Waals surface area (Å²) in [6, 6.07) is 2.58. The number of pyridine rings is 1. The topological polar surface area (TPSA) is 101 Å². The molecule has 1 amide bonds. The Balaban J connectivity index is 1.29. The zero-order valence-electron chi connectivity index (χ0n) is 17.2. The lowest BCUT2D eigenvalue weighted by molar-refractivity contribution is -0.119. The van der Waals surface area contributed by atoms with Crippen molar-refractivity contribution in [1.82, 2.24) is 14.5 Å². The molecule has 0 radical (unpaired) electrons. The molecule has 0 bridgehead atoms. The first kappa shape index (κ1) is 19.9. The summed E-state index contributed by atoms with van der Waals surface area (Å²) in [6.07, 6.45) is 8.74. The van der Waals surface area contributed by atoms with Crippen molar-refractivity contribution in [2.45, 2.75) is 70.2 Å². The largest absolute Gasteiger partial charge is 0.489 e. The van der Waals surface area contributed by atoms with Gasteiger partial charge in [-0.3, -0.25) is 9.36 Å². The van der Waals surface area contributed by atoms with E-state index in [-0.39, 0.29) is 24.0 Å². The molecule has 8 nitrogen and oxygen atoms in total. The molecule has 2 N–H and O–H groups in total. The maximum atomic E-state index is 11.0. The van der Waals surface area contributed by atoms with Gasteiger partial charge >= 0.3 is 0 Å². The molecule has 0 aliphatic heterocycles. The number of imidazole rings is 1. The highest BCUT2D eigenvalue weighted by Gasteiger charge is 2.26. The first-order valence-corrected chi connectivity index (χ1v) is 10.5. The van der Waals surface area contributed by atoms with E-state index in [0.29, 0.717) is 30.8 Å². The Morgan fingerprint density at radius 1 is 1.17 bits per heavy atom. The van der Waals surface area contributed by atoms with Crippen molar-refractivity contribution in [2.75, 3.05) is 6.61 Å². The molecule has 2 aliphatic rings. The van der Waals surface area contributed by atoms with Crippen LogP contribution >= 0.6 is 0 Å². The van der Waals surface area contributed by atoms with Crippen LogP contribution in [0.5, 0.6) is 11.8 Å². The van der Waals surface area contributed by atoms with Crippen LogP contribution in [0.1, 0.15) is 51.9 Å². The van der Waals surface area contributed by atoms with Crippen molar-refractivity contribution in [3.8, 4) is 11.8 Å². The maximum absolute atomic E-state index is 11.0. The van der Waals surface area contributed by atoms with Gasteiger partial charge in [-0.05, 0) is 44.4 Å². The van der Waals surface area contributed by atoms with Gasteiger partial charge in [0.15, 0.2) is 5.65 Å². The molecule has 0 aromatic carbocycles. The van der Waals surface area contributed by atoms with E-state index in [4.69, 9.17) is 19.9 Å². The van der Waals surface area contributed by atoms with E-state index in [1.54, 1.807) is 6.20 Å². The number of nitrogens with zero attached hydrogens (tertiary/aromatic N) is 3. The van der Waals surface area contributed by atoms with Gasteiger partial charge in [-0.2, -0.15) is 4.98 Å². The molecule has 4 rings (SSSR count). The molecular formula is C21H30N4O4. The molecule has 0 saturated heterocycles. The Morgan fingerprint density at radius 3 is 2.52 bits per heavy atom. The summed E-state index contributed by atoms with van der Waals surface area (Å²) in [4.78, 5) is 19.9. The van der Waals surface area contributed by atoms with Crippen LogP contribution in [0.25, 0.3) is 11.2 Å². The summed E-state index contributed by atoms with van der Waals surface area (Å²) >= 11 is 0. The lowest BCUT2D eigenvalue weighted by atomic mass is 9.95. The highest BCUT2D eigenvalue weighted by atomic mass is 16.5. The van der Waals surface area contributed by atoms with Crippen LogP contribution in [0.4, 0.5) is 0 Å². The van der Waals surface area contributed by atoms with Crippen molar-refractivity contribution in [1.29, 1.82) is 0 Å². The van der Waals surface area contributed by atoms with Crippen molar-refractivity contribution < 1.29 is 19.0 Å². The van der Waals surface area contributed by atoms with Crippen LogP contribution < -0.4 is 15.2 Å². The molecule has 0 spiro atoms. The van der Waals surface area contributed by atoms with E-state index in [0.717, 1.165) is 49.8 Å². The van der Waals surface area contributed by atoms with E-state index >= 15 is 0 Å². The second-order valence-corrected chi connectivity index (χ2v) is 8.41. The van der Waals surface area contributed by atoms with Crippen LogP contribution in [0.15, 0.2) is 12.3 Å². The van der Waals surface area contributed by atoms with E-state index in [1.165, 1.54) is 0 Å². The minimum atomic E-state index is -0.277. The van der Waals surface area contributed by atoms with Crippen molar-refractivity contribution in [3.63, 3.8) is 0 Å². The normalized spacial score (nSPS) is 23.1. The summed E-state index contributed by atoms with van der Waals surface area (Å²) in [7, 11) is 1.95. The molecule has 0 unspecified atom stereocenters.